The minimum Gasteiger partial charge on any atom is -0.482 e. The summed E-state index contributed by atoms with van der Waals surface area (Å²) in [4.78, 5) is 28.4. The molecule has 1 aliphatic carbocycles. The van der Waals surface area contributed by atoms with Gasteiger partial charge in [0.15, 0.2) is 6.61 Å². The molecule has 1 heterocycles. The van der Waals surface area contributed by atoms with E-state index in [1.807, 2.05) is 43.4 Å². The Bertz CT molecular complexity index is 808. The van der Waals surface area contributed by atoms with Crippen LogP contribution in [-0.4, -0.2) is 43.0 Å². The van der Waals surface area contributed by atoms with Crippen molar-refractivity contribution in [3.05, 3.63) is 59.7 Å². The second kappa shape index (κ2) is 6.24. The largest absolute Gasteiger partial charge is 0.482 e. The van der Waals surface area contributed by atoms with E-state index in [2.05, 4.69) is 12.1 Å². The molecular weight excluding hydrogens is 316 g/mol. The van der Waals surface area contributed by atoms with Gasteiger partial charge >= 0.3 is 0 Å². The van der Waals surface area contributed by atoms with Crippen LogP contribution in [-0.2, 0) is 22.4 Å². The van der Waals surface area contributed by atoms with Crippen LogP contribution < -0.4 is 9.64 Å². The van der Waals surface area contributed by atoms with E-state index in [0.29, 0.717) is 11.4 Å². The summed E-state index contributed by atoms with van der Waals surface area (Å²) in [6.45, 7) is 0.0193. The van der Waals surface area contributed by atoms with Gasteiger partial charge < -0.3 is 9.64 Å². The van der Waals surface area contributed by atoms with Crippen LogP contribution in [0.1, 0.15) is 11.1 Å². The molecule has 25 heavy (non-hydrogen) atoms. The Kier molecular flexibility index (Phi) is 3.92. The number of benzene rings is 2. The fourth-order valence-corrected chi connectivity index (χ4v) is 3.59. The molecule has 2 amide bonds. The smallest absolute Gasteiger partial charge is 0.265 e. The fourth-order valence-electron chi connectivity index (χ4n) is 3.59. The zero-order valence-corrected chi connectivity index (χ0v) is 14.1. The van der Waals surface area contributed by atoms with Crippen molar-refractivity contribution in [1.82, 2.24) is 4.90 Å². The predicted molar refractivity (Wildman–Crippen MR) is 94.7 cm³/mol. The van der Waals surface area contributed by atoms with Crippen molar-refractivity contribution in [3.8, 4) is 5.75 Å². The molecule has 0 bridgehead atoms. The molecule has 0 unspecified atom stereocenters. The Morgan fingerprint density at radius 1 is 1.12 bits per heavy atom. The molecule has 2 aliphatic rings. The number of likely N-dealkylation sites (N-methyl/N-ethyl adjacent to an activating group) is 1. The molecule has 2 aromatic rings. The monoisotopic (exact) mass is 336 g/mol. The van der Waals surface area contributed by atoms with Crippen molar-refractivity contribution in [2.75, 3.05) is 25.1 Å². The van der Waals surface area contributed by atoms with Crippen LogP contribution in [0.25, 0.3) is 0 Å². The third-order valence-corrected chi connectivity index (χ3v) is 5.07. The molecule has 4 rings (SSSR count). The first-order chi connectivity index (χ1) is 12.1. The Hall–Kier alpha value is -2.82. The fraction of sp³-hybridized carbons (Fsp3) is 0.300. The maximum absolute atomic E-state index is 12.8. The van der Waals surface area contributed by atoms with Gasteiger partial charge in [-0.05, 0) is 36.1 Å². The van der Waals surface area contributed by atoms with Gasteiger partial charge in [0.2, 0.25) is 5.91 Å². The normalized spacial score (nSPS) is 16.2. The number of nitrogens with zero attached hydrogens (tertiary/aromatic N) is 2. The van der Waals surface area contributed by atoms with Gasteiger partial charge in [0.25, 0.3) is 5.91 Å². The van der Waals surface area contributed by atoms with E-state index in [-0.39, 0.29) is 31.0 Å². The van der Waals surface area contributed by atoms with Crippen LogP contribution in [0, 0.1) is 0 Å². The van der Waals surface area contributed by atoms with Crippen molar-refractivity contribution >= 4 is 17.5 Å². The summed E-state index contributed by atoms with van der Waals surface area (Å²) >= 11 is 0. The van der Waals surface area contributed by atoms with Gasteiger partial charge in [0.05, 0.1) is 5.69 Å². The van der Waals surface area contributed by atoms with Crippen LogP contribution in [0.3, 0.4) is 0 Å². The summed E-state index contributed by atoms with van der Waals surface area (Å²) in [5.41, 5.74) is 3.27. The number of hydrogen-bond donors (Lipinski definition) is 0. The lowest BCUT2D eigenvalue weighted by molar-refractivity contribution is -0.132. The zero-order valence-electron chi connectivity index (χ0n) is 14.1. The summed E-state index contributed by atoms with van der Waals surface area (Å²) in [5.74, 6) is 0.406. The molecule has 0 spiro atoms. The number of fused-ring (bicyclic) bond motifs is 2. The summed E-state index contributed by atoms with van der Waals surface area (Å²) < 4.78 is 5.43. The van der Waals surface area contributed by atoms with E-state index in [0.717, 1.165) is 12.8 Å². The third kappa shape index (κ3) is 2.86. The van der Waals surface area contributed by atoms with Crippen LogP contribution in [0.5, 0.6) is 5.75 Å². The third-order valence-electron chi connectivity index (χ3n) is 5.07. The predicted octanol–water partition coefficient (Wildman–Crippen LogP) is 2.04. The Balaban J connectivity index is 1.48. The van der Waals surface area contributed by atoms with Crippen molar-refractivity contribution in [3.63, 3.8) is 0 Å². The number of para-hydroxylation sites is 2. The molecule has 0 atom stereocenters. The second-order valence-corrected chi connectivity index (χ2v) is 6.57. The van der Waals surface area contributed by atoms with Gasteiger partial charge in [-0.15, -0.1) is 0 Å². The highest BCUT2D eigenvalue weighted by molar-refractivity contribution is 6.02. The molecule has 0 saturated carbocycles. The van der Waals surface area contributed by atoms with E-state index in [1.54, 1.807) is 4.90 Å². The molecule has 0 saturated heterocycles. The lowest BCUT2D eigenvalue weighted by atomic mass is 10.1. The molecule has 5 heteroatoms. The SMILES string of the molecule is CN(C(=O)CN1C(=O)COc2ccccc21)C1Cc2ccccc2C1. The van der Waals surface area contributed by atoms with Crippen molar-refractivity contribution in [1.29, 1.82) is 0 Å². The first kappa shape index (κ1) is 15.7. The molecule has 0 radical (unpaired) electrons. The first-order valence-corrected chi connectivity index (χ1v) is 8.48. The summed E-state index contributed by atoms with van der Waals surface area (Å²) in [7, 11) is 1.83. The lowest BCUT2D eigenvalue weighted by Crippen LogP contribution is -2.48. The highest BCUT2D eigenvalue weighted by Gasteiger charge is 2.31. The summed E-state index contributed by atoms with van der Waals surface area (Å²) in [5, 5.41) is 0. The van der Waals surface area contributed by atoms with E-state index in [4.69, 9.17) is 4.74 Å². The van der Waals surface area contributed by atoms with Crippen molar-refractivity contribution in [2.45, 2.75) is 18.9 Å². The molecule has 128 valence electrons. The number of anilines is 1. The zero-order chi connectivity index (χ0) is 17.4. The molecule has 1 aliphatic heterocycles. The van der Waals surface area contributed by atoms with Crippen LogP contribution in [0.2, 0.25) is 0 Å². The van der Waals surface area contributed by atoms with Gasteiger partial charge in [0, 0.05) is 13.1 Å². The minimum absolute atomic E-state index is 0.0249. The standard InChI is InChI=1S/C20H20N2O3/c1-21(16-10-14-6-2-3-7-15(14)11-16)19(23)12-22-17-8-4-5-9-18(17)25-13-20(22)24/h2-9,16H,10-13H2,1H3. The van der Waals surface area contributed by atoms with Gasteiger partial charge in [0.1, 0.15) is 12.3 Å². The average molecular weight is 336 g/mol. The van der Waals surface area contributed by atoms with E-state index >= 15 is 0 Å². The molecule has 0 N–H and O–H groups in total. The van der Waals surface area contributed by atoms with Crippen molar-refractivity contribution in [2.24, 2.45) is 0 Å². The Labute approximate surface area is 146 Å². The van der Waals surface area contributed by atoms with Gasteiger partial charge in [-0.25, -0.2) is 0 Å². The van der Waals surface area contributed by atoms with Crippen molar-refractivity contribution < 1.29 is 14.3 Å². The topological polar surface area (TPSA) is 49.9 Å². The number of amides is 2. The van der Waals surface area contributed by atoms with Gasteiger partial charge in [-0.1, -0.05) is 36.4 Å². The van der Waals surface area contributed by atoms with E-state index in [9.17, 15) is 9.59 Å². The number of hydrogen-bond acceptors (Lipinski definition) is 3. The molecule has 0 aromatic heterocycles. The molecule has 0 fully saturated rings. The molecule has 5 nitrogen and oxygen atoms in total. The lowest BCUT2D eigenvalue weighted by Gasteiger charge is -2.31. The molecule has 2 aromatic carbocycles. The summed E-state index contributed by atoms with van der Waals surface area (Å²) in [6.07, 6.45) is 1.73. The van der Waals surface area contributed by atoms with Crippen LogP contribution >= 0.6 is 0 Å². The Morgan fingerprint density at radius 3 is 2.48 bits per heavy atom. The van der Waals surface area contributed by atoms with Crippen LogP contribution in [0.4, 0.5) is 5.69 Å². The van der Waals surface area contributed by atoms with E-state index < -0.39 is 0 Å². The first-order valence-electron chi connectivity index (χ1n) is 8.48. The quantitative estimate of drug-likeness (QED) is 0.862. The van der Waals surface area contributed by atoms with Gasteiger partial charge in [-0.3, -0.25) is 14.5 Å². The average Bonchev–Trinajstić information content (AvgIpc) is 3.07. The molecular formula is C20H20N2O3. The summed E-state index contributed by atoms with van der Waals surface area (Å²) in [6, 6.07) is 15.8. The number of carbonyl (C=O) groups is 2. The van der Waals surface area contributed by atoms with E-state index in [1.165, 1.54) is 16.0 Å². The minimum atomic E-state index is -0.185. The number of ether oxygens (including phenoxy) is 1. The van der Waals surface area contributed by atoms with Gasteiger partial charge in [-0.2, -0.15) is 0 Å². The number of rotatable bonds is 3. The highest BCUT2D eigenvalue weighted by atomic mass is 16.5. The maximum atomic E-state index is 12.8. The Morgan fingerprint density at radius 2 is 1.76 bits per heavy atom. The highest BCUT2D eigenvalue weighted by Crippen LogP contribution is 2.31. The second-order valence-electron chi connectivity index (χ2n) is 6.57. The number of carbonyl (C=O) groups excluding carboxylic acids is 2. The maximum Gasteiger partial charge on any atom is 0.265 e. The van der Waals surface area contributed by atoms with Crippen LogP contribution in [0.15, 0.2) is 48.5 Å².